The zero-order valence-corrected chi connectivity index (χ0v) is 17.0. The van der Waals surface area contributed by atoms with Gasteiger partial charge in [-0.25, -0.2) is 4.98 Å². The molecule has 2 aliphatic rings. The predicted octanol–water partition coefficient (Wildman–Crippen LogP) is 5.30. The fourth-order valence-corrected chi connectivity index (χ4v) is 5.23. The third-order valence-electron chi connectivity index (χ3n) is 6.63. The molecule has 2 bridgehead atoms. The van der Waals surface area contributed by atoms with E-state index in [-0.39, 0.29) is 6.10 Å². The lowest BCUT2D eigenvalue weighted by atomic mass is 10.00. The van der Waals surface area contributed by atoms with Crippen LogP contribution in [0.15, 0.2) is 60.7 Å². The minimum atomic E-state index is 0.249. The van der Waals surface area contributed by atoms with Gasteiger partial charge in [-0.1, -0.05) is 24.3 Å². The summed E-state index contributed by atoms with van der Waals surface area (Å²) in [5, 5.41) is 2.34. The van der Waals surface area contributed by atoms with E-state index >= 15 is 0 Å². The smallest absolute Gasteiger partial charge is 0.204 e. The van der Waals surface area contributed by atoms with Crippen molar-refractivity contribution in [2.45, 2.75) is 43.9 Å². The van der Waals surface area contributed by atoms with Crippen LogP contribution in [-0.4, -0.2) is 35.3 Å². The first-order chi connectivity index (χ1) is 14.8. The summed E-state index contributed by atoms with van der Waals surface area (Å²) in [5.41, 5.74) is 2.15. The fraction of sp³-hybridized carbons (Fsp3) is 0.320. The molecule has 3 heterocycles. The topological polar surface area (TPSA) is 50.4 Å². The summed E-state index contributed by atoms with van der Waals surface area (Å²) in [6.45, 7) is 0. The van der Waals surface area contributed by atoms with Crippen LogP contribution in [0.3, 0.4) is 0 Å². The number of hydrogen-bond acceptors (Lipinski definition) is 4. The van der Waals surface area contributed by atoms with E-state index in [0.29, 0.717) is 12.1 Å². The highest BCUT2D eigenvalue weighted by molar-refractivity contribution is 5.85. The number of piperidine rings is 1. The second-order valence-corrected chi connectivity index (χ2v) is 8.46. The van der Waals surface area contributed by atoms with Crippen LogP contribution in [0, 0.1) is 0 Å². The van der Waals surface area contributed by atoms with Crippen LogP contribution in [0.25, 0.3) is 21.8 Å². The Bertz CT molecular complexity index is 1170. The molecule has 2 fully saturated rings. The van der Waals surface area contributed by atoms with E-state index in [1.165, 1.54) is 23.6 Å². The minimum Gasteiger partial charge on any atom is -0.497 e. The molecule has 0 radical (unpaired) electrons. The Labute approximate surface area is 175 Å². The van der Waals surface area contributed by atoms with Crippen LogP contribution in [0.2, 0.25) is 0 Å². The Hall–Kier alpha value is -3.21. The summed E-state index contributed by atoms with van der Waals surface area (Å²) < 4.78 is 11.8. The maximum Gasteiger partial charge on any atom is 0.204 e. The molecule has 0 spiro atoms. The Balaban J connectivity index is 1.20. The van der Waals surface area contributed by atoms with Crippen molar-refractivity contribution in [2.75, 3.05) is 12.0 Å². The molecular weight excluding hydrogens is 374 g/mol. The number of aromatic amines is 1. The first-order valence-electron chi connectivity index (χ1n) is 10.7. The van der Waals surface area contributed by atoms with Crippen LogP contribution < -0.4 is 14.4 Å². The summed E-state index contributed by atoms with van der Waals surface area (Å²) in [7, 11) is 1.70. The number of anilines is 1. The lowest BCUT2D eigenvalue weighted by Gasteiger charge is -2.38. The lowest BCUT2D eigenvalue weighted by Crippen LogP contribution is -2.47. The summed E-state index contributed by atoms with van der Waals surface area (Å²) >= 11 is 0. The highest BCUT2D eigenvalue weighted by Crippen LogP contribution is 2.40. The number of hydrogen-bond donors (Lipinski definition) is 1. The highest BCUT2D eigenvalue weighted by atomic mass is 16.5. The molecular formula is C25H25N3O2. The number of para-hydroxylation sites is 2. The van der Waals surface area contributed by atoms with Gasteiger partial charge in [-0.05, 0) is 60.0 Å². The van der Waals surface area contributed by atoms with E-state index in [1.807, 2.05) is 12.1 Å². The van der Waals surface area contributed by atoms with Crippen molar-refractivity contribution in [1.29, 1.82) is 0 Å². The molecule has 2 atom stereocenters. The average Bonchev–Trinajstić information content (AvgIpc) is 3.31. The van der Waals surface area contributed by atoms with E-state index in [0.717, 1.165) is 41.3 Å². The lowest BCUT2D eigenvalue weighted by molar-refractivity contribution is 0.150. The monoisotopic (exact) mass is 399 g/mol. The Kier molecular flexibility index (Phi) is 4.08. The van der Waals surface area contributed by atoms with Crippen molar-refractivity contribution in [3.63, 3.8) is 0 Å². The van der Waals surface area contributed by atoms with Gasteiger partial charge in [0.05, 0.1) is 18.1 Å². The maximum absolute atomic E-state index is 6.46. The normalized spacial score (nSPS) is 23.2. The van der Waals surface area contributed by atoms with Crippen LogP contribution >= 0.6 is 0 Å². The number of rotatable bonds is 4. The van der Waals surface area contributed by atoms with Crippen LogP contribution in [0.1, 0.15) is 25.7 Å². The third-order valence-corrected chi connectivity index (χ3v) is 6.63. The molecule has 5 nitrogen and oxygen atoms in total. The van der Waals surface area contributed by atoms with Crippen molar-refractivity contribution in [3.05, 3.63) is 60.7 Å². The van der Waals surface area contributed by atoms with Gasteiger partial charge >= 0.3 is 0 Å². The van der Waals surface area contributed by atoms with Crippen LogP contribution in [0.5, 0.6) is 11.5 Å². The number of methoxy groups -OCH3 is 1. The number of aromatic nitrogens is 2. The van der Waals surface area contributed by atoms with E-state index in [4.69, 9.17) is 14.5 Å². The maximum atomic E-state index is 6.46. The Morgan fingerprint density at radius 1 is 0.900 bits per heavy atom. The number of nitrogens with zero attached hydrogens (tertiary/aromatic N) is 2. The van der Waals surface area contributed by atoms with Gasteiger partial charge in [0.15, 0.2) is 0 Å². The van der Waals surface area contributed by atoms with Gasteiger partial charge in [-0.3, -0.25) is 0 Å². The van der Waals surface area contributed by atoms with Crippen LogP contribution in [-0.2, 0) is 0 Å². The number of benzene rings is 3. The van der Waals surface area contributed by atoms with Gasteiger partial charge < -0.3 is 19.4 Å². The summed E-state index contributed by atoms with van der Waals surface area (Å²) in [5.74, 6) is 2.85. The molecule has 1 aromatic heterocycles. The molecule has 1 N–H and O–H groups in total. The van der Waals surface area contributed by atoms with Crippen molar-refractivity contribution >= 4 is 27.8 Å². The van der Waals surface area contributed by atoms with E-state index < -0.39 is 0 Å². The van der Waals surface area contributed by atoms with E-state index in [1.54, 1.807) is 7.11 Å². The SMILES string of the molecule is COc1ccc2cc(OC3CC4CCC(C3)N4c3nc4ccccc4[nH]3)ccc2c1. The predicted molar refractivity (Wildman–Crippen MR) is 120 cm³/mol. The number of fused-ring (bicyclic) bond motifs is 4. The first-order valence-corrected chi connectivity index (χ1v) is 10.7. The molecule has 0 amide bonds. The Morgan fingerprint density at radius 2 is 1.60 bits per heavy atom. The van der Waals surface area contributed by atoms with Gasteiger partial charge in [0.1, 0.15) is 17.6 Å². The van der Waals surface area contributed by atoms with Gasteiger partial charge in [-0.2, -0.15) is 0 Å². The molecule has 2 aliphatic heterocycles. The second kappa shape index (κ2) is 6.94. The van der Waals surface area contributed by atoms with Crippen molar-refractivity contribution in [1.82, 2.24) is 9.97 Å². The third kappa shape index (κ3) is 2.96. The van der Waals surface area contributed by atoms with Gasteiger partial charge in [-0.15, -0.1) is 0 Å². The summed E-state index contributed by atoms with van der Waals surface area (Å²) in [6, 6.07) is 21.7. The van der Waals surface area contributed by atoms with Crippen molar-refractivity contribution in [3.8, 4) is 11.5 Å². The van der Waals surface area contributed by atoms with Gasteiger partial charge in [0.25, 0.3) is 0 Å². The molecule has 0 saturated carbocycles. The van der Waals surface area contributed by atoms with Crippen molar-refractivity contribution < 1.29 is 9.47 Å². The largest absolute Gasteiger partial charge is 0.497 e. The summed E-state index contributed by atoms with van der Waals surface area (Å²) in [4.78, 5) is 10.9. The number of H-pyrrole nitrogens is 1. The van der Waals surface area contributed by atoms with E-state index in [9.17, 15) is 0 Å². The average molecular weight is 399 g/mol. The quantitative estimate of drug-likeness (QED) is 0.506. The molecule has 152 valence electrons. The Morgan fingerprint density at radius 3 is 2.33 bits per heavy atom. The van der Waals surface area contributed by atoms with Gasteiger partial charge in [0.2, 0.25) is 5.95 Å². The number of ether oxygens (including phenoxy) is 2. The highest BCUT2D eigenvalue weighted by Gasteiger charge is 2.43. The molecule has 2 saturated heterocycles. The molecule has 2 unspecified atom stereocenters. The molecule has 0 aliphatic carbocycles. The second-order valence-electron chi connectivity index (χ2n) is 8.46. The van der Waals surface area contributed by atoms with E-state index in [2.05, 4.69) is 58.4 Å². The molecule has 6 rings (SSSR count). The number of nitrogens with one attached hydrogen (secondary N) is 1. The fourth-order valence-electron chi connectivity index (χ4n) is 5.23. The van der Waals surface area contributed by atoms with Crippen LogP contribution in [0.4, 0.5) is 5.95 Å². The minimum absolute atomic E-state index is 0.249. The zero-order chi connectivity index (χ0) is 20.1. The zero-order valence-electron chi connectivity index (χ0n) is 17.0. The molecule has 5 heteroatoms. The molecule has 3 aromatic carbocycles. The van der Waals surface area contributed by atoms with Crippen molar-refractivity contribution in [2.24, 2.45) is 0 Å². The number of imidazole rings is 1. The standard InChI is InChI=1S/C25H25N3O2/c1-29-20-10-6-17-13-21(11-7-16(17)12-20)30-22-14-18-8-9-19(15-22)28(18)25-26-23-4-2-3-5-24(23)27-25/h2-7,10-13,18-19,22H,8-9,14-15H2,1H3,(H,26,27). The first kappa shape index (κ1) is 17.6. The summed E-state index contributed by atoms with van der Waals surface area (Å²) in [6.07, 6.45) is 4.74. The van der Waals surface area contributed by atoms with Gasteiger partial charge in [0, 0.05) is 24.9 Å². The molecule has 4 aromatic rings. The molecule has 30 heavy (non-hydrogen) atoms.